The van der Waals surface area contributed by atoms with Gasteiger partial charge in [-0.3, -0.25) is 9.05 Å². The van der Waals surface area contributed by atoms with Crippen LogP contribution in [-0.2, 0) is 25.5 Å². The molecule has 0 spiro atoms. The lowest BCUT2D eigenvalue weighted by Gasteiger charge is -2.17. The van der Waals surface area contributed by atoms with E-state index in [-0.39, 0.29) is 5.71 Å². The predicted octanol–water partition coefficient (Wildman–Crippen LogP) is 3.88. The SMILES string of the molecule is CCOP(=S)(OCC)O/N=C(\C#N)c1ccccc1Cl. The van der Waals surface area contributed by atoms with Gasteiger partial charge in [-0.05, 0) is 19.9 Å². The highest BCUT2D eigenvalue weighted by Gasteiger charge is 2.21. The number of rotatable bonds is 7. The van der Waals surface area contributed by atoms with E-state index in [9.17, 15) is 0 Å². The highest BCUT2D eigenvalue weighted by atomic mass is 35.5. The molecule has 0 aliphatic carbocycles. The molecule has 0 N–H and O–H groups in total. The summed E-state index contributed by atoms with van der Waals surface area (Å²) in [5, 5.41) is 13.3. The van der Waals surface area contributed by atoms with E-state index in [1.165, 1.54) is 0 Å². The number of halogens is 1. The average molecular weight is 333 g/mol. The molecular weight excluding hydrogens is 319 g/mol. The van der Waals surface area contributed by atoms with Crippen LogP contribution in [-0.4, -0.2) is 18.9 Å². The maximum Gasteiger partial charge on any atom is 0.402 e. The number of hydrogen-bond acceptors (Lipinski definition) is 6. The summed E-state index contributed by atoms with van der Waals surface area (Å²) in [6, 6.07) is 8.74. The molecule has 0 unspecified atom stereocenters. The highest BCUT2D eigenvalue weighted by Crippen LogP contribution is 2.50. The molecule has 0 amide bonds. The van der Waals surface area contributed by atoms with Crippen molar-refractivity contribution in [3.63, 3.8) is 0 Å². The standard InChI is InChI=1S/C12H14ClN2O3PS/c1-3-16-19(20,17-4-2)18-15-12(9-14)10-7-5-6-8-11(10)13/h5-8H,3-4H2,1-2H3/b15-12+. The molecular formula is C12H14ClN2O3PS. The predicted molar refractivity (Wildman–Crippen MR) is 82.2 cm³/mol. The molecule has 20 heavy (non-hydrogen) atoms. The summed E-state index contributed by atoms with van der Waals surface area (Å²) in [4.78, 5) is 0. The minimum Gasteiger partial charge on any atom is -0.312 e. The van der Waals surface area contributed by atoms with Crippen molar-refractivity contribution in [3.8, 4) is 6.07 Å². The number of nitriles is 1. The van der Waals surface area contributed by atoms with Crippen LogP contribution in [0, 0.1) is 11.3 Å². The summed E-state index contributed by atoms with van der Waals surface area (Å²) in [6.07, 6.45) is 0. The minimum atomic E-state index is -2.97. The number of hydrogen-bond donors (Lipinski definition) is 0. The van der Waals surface area contributed by atoms with Crippen molar-refractivity contribution in [3.05, 3.63) is 34.9 Å². The van der Waals surface area contributed by atoms with Crippen molar-refractivity contribution < 1.29 is 13.7 Å². The molecule has 0 atom stereocenters. The second-order valence-electron chi connectivity index (χ2n) is 3.40. The topological polar surface area (TPSA) is 63.8 Å². The Morgan fingerprint density at radius 3 is 2.45 bits per heavy atom. The first-order valence-corrected chi connectivity index (χ1v) is 8.80. The molecule has 1 rings (SSSR count). The van der Waals surface area contributed by atoms with E-state index in [1.807, 2.05) is 6.07 Å². The Morgan fingerprint density at radius 1 is 1.35 bits per heavy atom. The summed E-state index contributed by atoms with van der Waals surface area (Å²) in [6.45, 7) is 1.24. The molecule has 0 aliphatic heterocycles. The summed E-state index contributed by atoms with van der Waals surface area (Å²) < 4.78 is 15.7. The Kier molecular flexibility index (Phi) is 7.14. The lowest BCUT2D eigenvalue weighted by molar-refractivity contribution is 0.172. The Bertz CT molecular complexity index is 564. The third kappa shape index (κ3) is 4.86. The molecule has 0 heterocycles. The maximum absolute atomic E-state index is 9.14. The molecule has 5 nitrogen and oxygen atoms in total. The van der Waals surface area contributed by atoms with Crippen molar-refractivity contribution >= 4 is 35.8 Å². The molecule has 0 fully saturated rings. The van der Waals surface area contributed by atoms with E-state index in [0.29, 0.717) is 23.8 Å². The smallest absolute Gasteiger partial charge is 0.312 e. The number of nitrogens with zero attached hydrogens (tertiary/aromatic N) is 2. The summed E-state index contributed by atoms with van der Waals surface area (Å²) in [7, 11) is 0. The fourth-order valence-electron chi connectivity index (χ4n) is 1.27. The fourth-order valence-corrected chi connectivity index (χ4v) is 3.22. The van der Waals surface area contributed by atoms with E-state index in [0.717, 1.165) is 0 Å². The van der Waals surface area contributed by atoms with E-state index in [1.54, 1.807) is 38.1 Å². The van der Waals surface area contributed by atoms with Gasteiger partial charge in [0.05, 0.1) is 18.2 Å². The molecule has 0 bridgehead atoms. The Balaban J connectivity index is 2.99. The molecule has 0 radical (unpaired) electrons. The van der Waals surface area contributed by atoms with Gasteiger partial charge < -0.3 is 4.62 Å². The second-order valence-corrected chi connectivity index (χ2v) is 6.72. The van der Waals surface area contributed by atoms with E-state index >= 15 is 0 Å². The van der Waals surface area contributed by atoms with Gasteiger partial charge in [-0.25, -0.2) is 0 Å². The molecule has 1 aromatic carbocycles. The van der Waals surface area contributed by atoms with Crippen LogP contribution in [0.5, 0.6) is 0 Å². The molecule has 0 aromatic heterocycles. The van der Waals surface area contributed by atoms with Gasteiger partial charge in [0, 0.05) is 17.4 Å². The van der Waals surface area contributed by atoms with Crippen molar-refractivity contribution in [2.75, 3.05) is 13.2 Å². The van der Waals surface area contributed by atoms with Gasteiger partial charge in [-0.2, -0.15) is 5.26 Å². The summed E-state index contributed by atoms with van der Waals surface area (Å²) in [5.74, 6) is 0. The van der Waals surface area contributed by atoms with Crippen LogP contribution >= 0.6 is 18.3 Å². The van der Waals surface area contributed by atoms with Crippen LogP contribution in [0.2, 0.25) is 5.02 Å². The van der Waals surface area contributed by atoms with Crippen LogP contribution in [0.3, 0.4) is 0 Å². The van der Waals surface area contributed by atoms with Crippen LogP contribution in [0.4, 0.5) is 0 Å². The van der Waals surface area contributed by atoms with Crippen molar-refractivity contribution in [1.29, 1.82) is 5.26 Å². The lowest BCUT2D eigenvalue weighted by atomic mass is 10.1. The van der Waals surface area contributed by atoms with Crippen LogP contribution in [0.25, 0.3) is 0 Å². The monoisotopic (exact) mass is 332 g/mol. The minimum absolute atomic E-state index is 0.0178. The van der Waals surface area contributed by atoms with E-state index in [4.69, 9.17) is 42.3 Å². The zero-order valence-corrected chi connectivity index (χ0v) is 13.5. The van der Waals surface area contributed by atoms with Gasteiger partial charge in [0.15, 0.2) is 5.71 Å². The number of oxime groups is 1. The third-order valence-electron chi connectivity index (χ3n) is 2.04. The zero-order chi connectivity index (χ0) is 15.0. The van der Waals surface area contributed by atoms with Crippen LogP contribution in [0.15, 0.2) is 29.4 Å². The van der Waals surface area contributed by atoms with Gasteiger partial charge in [-0.15, -0.1) is 0 Å². The lowest BCUT2D eigenvalue weighted by Crippen LogP contribution is -2.02. The molecule has 108 valence electrons. The average Bonchev–Trinajstić information content (AvgIpc) is 2.42. The maximum atomic E-state index is 9.14. The molecule has 0 saturated heterocycles. The first kappa shape index (κ1) is 17.1. The van der Waals surface area contributed by atoms with Crippen LogP contribution < -0.4 is 0 Å². The second kappa shape index (κ2) is 8.35. The Morgan fingerprint density at radius 2 is 1.95 bits per heavy atom. The van der Waals surface area contributed by atoms with Gasteiger partial charge >= 0.3 is 6.72 Å². The summed E-state index contributed by atoms with van der Waals surface area (Å²) in [5.41, 5.74) is 0.482. The Labute approximate surface area is 128 Å². The van der Waals surface area contributed by atoms with Gasteiger partial charge in [0.25, 0.3) is 0 Å². The molecule has 1 aromatic rings. The van der Waals surface area contributed by atoms with Crippen molar-refractivity contribution in [2.24, 2.45) is 5.16 Å². The first-order chi connectivity index (χ1) is 9.56. The van der Waals surface area contributed by atoms with E-state index in [2.05, 4.69) is 5.16 Å². The quantitative estimate of drug-likeness (QED) is 0.430. The zero-order valence-electron chi connectivity index (χ0n) is 11.1. The fraction of sp³-hybridized carbons (Fsp3) is 0.333. The molecule has 8 heteroatoms. The molecule has 0 saturated carbocycles. The largest absolute Gasteiger partial charge is 0.402 e. The normalized spacial score (nSPS) is 12.0. The van der Waals surface area contributed by atoms with Gasteiger partial charge in [-0.1, -0.05) is 35.0 Å². The van der Waals surface area contributed by atoms with Crippen LogP contribution in [0.1, 0.15) is 19.4 Å². The molecule has 0 aliphatic rings. The highest BCUT2D eigenvalue weighted by molar-refractivity contribution is 8.07. The van der Waals surface area contributed by atoms with Crippen molar-refractivity contribution in [1.82, 2.24) is 0 Å². The summed E-state index contributed by atoms with van der Waals surface area (Å²) >= 11 is 11.1. The first-order valence-electron chi connectivity index (χ1n) is 5.87. The van der Waals surface area contributed by atoms with E-state index < -0.39 is 6.72 Å². The number of benzene rings is 1. The Hall–Kier alpha value is -0.960. The van der Waals surface area contributed by atoms with Crippen molar-refractivity contribution in [2.45, 2.75) is 13.8 Å². The third-order valence-corrected chi connectivity index (χ3v) is 4.63. The van der Waals surface area contributed by atoms with Gasteiger partial charge in [0.2, 0.25) is 0 Å². The van der Waals surface area contributed by atoms with Gasteiger partial charge in [0.1, 0.15) is 6.07 Å².